The molecule has 0 amide bonds. The molecular formula is C76H68N2. The summed E-state index contributed by atoms with van der Waals surface area (Å²) in [5.74, 6) is 0. The Hall–Kier alpha value is -8.72. The topological polar surface area (TPSA) is 6.48 Å². The Morgan fingerprint density at radius 1 is 0.205 bits per heavy atom. The molecule has 12 rings (SSSR count). The van der Waals surface area contributed by atoms with Gasteiger partial charge in [0.25, 0.3) is 0 Å². The van der Waals surface area contributed by atoms with E-state index in [1.165, 1.54) is 166 Å². The minimum Gasteiger partial charge on any atom is -0.310 e. The molecule has 2 heteroatoms. The maximum atomic E-state index is 2.45. The third kappa shape index (κ3) is 8.61. The van der Waals surface area contributed by atoms with E-state index in [0.717, 1.165) is 11.4 Å². The van der Waals surface area contributed by atoms with Crippen molar-refractivity contribution in [1.82, 2.24) is 0 Å². The third-order valence-electron chi connectivity index (χ3n) is 17.6. The molecule has 0 aliphatic rings. The van der Waals surface area contributed by atoms with Crippen molar-refractivity contribution in [2.75, 3.05) is 9.80 Å². The molecule has 0 aromatic heterocycles. The zero-order chi connectivity index (χ0) is 54.3. The molecule has 0 aliphatic heterocycles. The predicted molar refractivity (Wildman–Crippen MR) is 338 cm³/mol. The Morgan fingerprint density at radius 3 is 0.654 bits per heavy atom. The van der Waals surface area contributed by atoms with Crippen LogP contribution in [-0.4, -0.2) is 0 Å². The fraction of sp³-hybridized carbons (Fsp3) is 0.158. The Kier molecular flexibility index (Phi) is 12.7. The highest BCUT2D eigenvalue weighted by Crippen LogP contribution is 2.50. The summed E-state index contributed by atoms with van der Waals surface area (Å²) in [4.78, 5) is 4.88. The quantitative estimate of drug-likeness (QED) is 0.126. The minimum atomic E-state index is 1.13. The highest BCUT2D eigenvalue weighted by atomic mass is 15.1. The molecule has 0 N–H and O–H groups in total. The number of benzene rings is 12. The van der Waals surface area contributed by atoms with Gasteiger partial charge in [0.1, 0.15) is 0 Å². The zero-order valence-corrected chi connectivity index (χ0v) is 47.4. The largest absolute Gasteiger partial charge is 0.310 e. The monoisotopic (exact) mass is 1010 g/mol. The first-order chi connectivity index (χ1) is 37.6. The van der Waals surface area contributed by atoms with Gasteiger partial charge in [0.05, 0.1) is 0 Å². The van der Waals surface area contributed by atoms with Crippen LogP contribution in [-0.2, 0) is 0 Å². The number of anilines is 6. The van der Waals surface area contributed by atoms with Crippen LogP contribution in [0.4, 0.5) is 34.1 Å². The summed E-state index contributed by atoms with van der Waals surface area (Å²) >= 11 is 0. The Balaban J connectivity index is 1.07. The number of nitrogens with zero attached hydrogens (tertiary/aromatic N) is 2. The van der Waals surface area contributed by atoms with Gasteiger partial charge in [-0.2, -0.15) is 0 Å². The summed E-state index contributed by atoms with van der Waals surface area (Å²) in [6.45, 7) is 26.8. The number of hydrogen-bond acceptors (Lipinski definition) is 2. The second-order valence-corrected chi connectivity index (χ2v) is 22.3. The molecule has 78 heavy (non-hydrogen) atoms. The highest BCUT2D eigenvalue weighted by Gasteiger charge is 2.24. The minimum absolute atomic E-state index is 1.13. The fourth-order valence-corrected chi connectivity index (χ4v) is 12.2. The van der Waals surface area contributed by atoms with E-state index in [4.69, 9.17) is 0 Å². The molecule has 12 aromatic rings. The van der Waals surface area contributed by atoms with Crippen LogP contribution in [0.25, 0.3) is 76.8 Å². The van der Waals surface area contributed by atoms with E-state index in [2.05, 4.69) is 287 Å². The van der Waals surface area contributed by atoms with Gasteiger partial charge in [0, 0.05) is 34.1 Å². The molecular weight excluding hydrogens is 941 g/mol. The van der Waals surface area contributed by atoms with Crippen molar-refractivity contribution in [3.63, 3.8) is 0 Å². The van der Waals surface area contributed by atoms with Crippen LogP contribution in [0.5, 0.6) is 0 Å². The van der Waals surface area contributed by atoms with Crippen LogP contribution >= 0.6 is 0 Å². The Bertz CT molecular complexity index is 3810. The average Bonchev–Trinajstić information content (AvgIpc) is 3.48. The molecule has 0 atom stereocenters. The van der Waals surface area contributed by atoms with Gasteiger partial charge in [-0.15, -0.1) is 0 Å². The Labute approximate surface area is 462 Å². The average molecular weight is 1010 g/mol. The van der Waals surface area contributed by atoms with Crippen molar-refractivity contribution in [2.45, 2.75) is 83.1 Å². The van der Waals surface area contributed by atoms with Gasteiger partial charge in [0.2, 0.25) is 0 Å². The molecule has 0 aliphatic carbocycles. The summed E-state index contributed by atoms with van der Waals surface area (Å²) in [6.07, 6.45) is 0. The smallest absolute Gasteiger partial charge is 0.0467 e. The number of rotatable bonds is 10. The van der Waals surface area contributed by atoms with Gasteiger partial charge < -0.3 is 9.80 Å². The van der Waals surface area contributed by atoms with E-state index in [9.17, 15) is 0 Å². The van der Waals surface area contributed by atoms with Gasteiger partial charge in [0.15, 0.2) is 0 Å². The van der Waals surface area contributed by atoms with Crippen molar-refractivity contribution in [2.24, 2.45) is 0 Å². The number of aryl methyl sites for hydroxylation is 8. The van der Waals surface area contributed by atoms with Gasteiger partial charge in [-0.25, -0.2) is 0 Å². The maximum Gasteiger partial charge on any atom is 0.0467 e. The zero-order valence-electron chi connectivity index (χ0n) is 47.4. The van der Waals surface area contributed by atoms with E-state index in [-0.39, 0.29) is 0 Å². The lowest BCUT2D eigenvalue weighted by molar-refractivity contribution is 1.19. The van der Waals surface area contributed by atoms with Gasteiger partial charge in [-0.3, -0.25) is 0 Å². The lowest BCUT2D eigenvalue weighted by Crippen LogP contribution is -2.12. The van der Waals surface area contributed by atoms with Crippen LogP contribution in [0.1, 0.15) is 66.8 Å². The maximum absolute atomic E-state index is 2.45. The van der Waals surface area contributed by atoms with Crippen molar-refractivity contribution in [3.05, 3.63) is 261 Å². The van der Waals surface area contributed by atoms with Crippen molar-refractivity contribution in [3.8, 4) is 44.5 Å². The predicted octanol–water partition coefficient (Wildman–Crippen LogP) is 21.9. The van der Waals surface area contributed by atoms with Crippen LogP contribution in [0.2, 0.25) is 0 Å². The normalized spacial score (nSPS) is 11.6. The first kappa shape index (κ1) is 50.1. The van der Waals surface area contributed by atoms with Gasteiger partial charge >= 0.3 is 0 Å². The van der Waals surface area contributed by atoms with Crippen molar-refractivity contribution in [1.29, 1.82) is 0 Å². The van der Waals surface area contributed by atoms with Crippen molar-refractivity contribution < 1.29 is 0 Å². The molecule has 0 fully saturated rings. The summed E-state index contributed by atoms with van der Waals surface area (Å²) < 4.78 is 0. The molecule has 0 radical (unpaired) electrons. The van der Waals surface area contributed by atoms with Crippen LogP contribution in [0, 0.1) is 83.1 Å². The molecule has 2 nitrogen and oxygen atoms in total. The number of hydrogen-bond donors (Lipinski definition) is 0. The summed E-state index contributed by atoms with van der Waals surface area (Å²) in [6, 6.07) is 73.8. The first-order valence-electron chi connectivity index (χ1n) is 27.7. The second-order valence-electron chi connectivity index (χ2n) is 22.3. The molecule has 0 spiro atoms. The van der Waals surface area contributed by atoms with Crippen LogP contribution in [0.15, 0.2) is 194 Å². The first-order valence-corrected chi connectivity index (χ1v) is 27.7. The molecule has 12 aromatic carbocycles. The molecule has 0 saturated heterocycles. The lowest BCUT2D eigenvalue weighted by atomic mass is 9.82. The fourth-order valence-electron chi connectivity index (χ4n) is 12.2. The highest BCUT2D eigenvalue weighted by molar-refractivity contribution is 6.32. The van der Waals surface area contributed by atoms with E-state index in [1.54, 1.807) is 0 Å². The van der Waals surface area contributed by atoms with Crippen molar-refractivity contribution >= 4 is 66.4 Å². The third-order valence-corrected chi connectivity index (χ3v) is 17.6. The van der Waals surface area contributed by atoms with Crippen LogP contribution in [0.3, 0.4) is 0 Å². The molecule has 0 bridgehead atoms. The molecule has 0 heterocycles. The summed E-state index contributed by atoms with van der Waals surface area (Å²) in [7, 11) is 0. The van der Waals surface area contributed by atoms with E-state index >= 15 is 0 Å². The van der Waals surface area contributed by atoms with E-state index < -0.39 is 0 Å². The van der Waals surface area contributed by atoms with E-state index in [1.807, 2.05) is 0 Å². The van der Waals surface area contributed by atoms with E-state index in [0.29, 0.717) is 0 Å². The lowest BCUT2D eigenvalue weighted by Gasteiger charge is -2.28. The Morgan fingerprint density at radius 2 is 0.423 bits per heavy atom. The SMILES string of the molecule is Cc1cc(N(c2ccc(-c3cc(-c4ccccc4)c4ccc5c(-c6ccc(N(c7cc(C)c(C)c(C)c7)c7cc(C)c(C)c(C)c7)cc6)cc(-c6ccccc6)c6ccc3c4c65)cc2)c2cc(C)c(C)c(C)c2)cc(C)c1C. The molecule has 382 valence electrons. The summed E-state index contributed by atoms with van der Waals surface area (Å²) in [5, 5.41) is 7.59. The standard InChI is InChI=1S/C76H68N2/c1-45-35-63(36-46(2)53(45)9)77(64-37-47(3)54(10)48(4)38-64)61-27-23-59(24-28-61)73-43-71(57-19-15-13-16-20-57)67-32-34-70-74(44-72(58-21-17-14-18-22-58)68-31-33-69(73)75(67)76(68)70)60-25-29-62(30-26-60)78(65-39-49(5)55(11)50(6)40-65)66-41-51(7)56(12)52(8)42-66/h13-44H,1-12H3. The van der Waals surface area contributed by atoms with Gasteiger partial charge in [-0.1, -0.05) is 109 Å². The van der Waals surface area contributed by atoms with Crippen LogP contribution < -0.4 is 9.80 Å². The molecule has 0 unspecified atom stereocenters. The second kappa shape index (κ2) is 19.7. The summed E-state index contributed by atoms with van der Waals surface area (Å²) in [5.41, 5.74) is 32.3. The van der Waals surface area contributed by atoms with Gasteiger partial charge in [-0.05, 0) is 312 Å². The molecule has 0 saturated carbocycles.